The fourth-order valence-corrected chi connectivity index (χ4v) is 2.18. The number of rotatable bonds is 4. The van der Waals surface area contributed by atoms with Gasteiger partial charge >= 0.3 is 0 Å². The summed E-state index contributed by atoms with van der Waals surface area (Å²) in [5, 5.41) is 0. The van der Waals surface area contributed by atoms with Crippen LogP contribution in [0.15, 0.2) is 18.2 Å². The lowest BCUT2D eigenvalue weighted by molar-refractivity contribution is 0.411. The molecule has 1 unspecified atom stereocenters. The van der Waals surface area contributed by atoms with Crippen molar-refractivity contribution in [2.75, 3.05) is 7.11 Å². The van der Waals surface area contributed by atoms with E-state index in [1.54, 1.807) is 19.1 Å². The van der Waals surface area contributed by atoms with Crippen LogP contribution >= 0.6 is 0 Å². The first-order chi connectivity index (χ1) is 8.25. The van der Waals surface area contributed by atoms with E-state index in [0.29, 0.717) is 11.3 Å². The highest BCUT2D eigenvalue weighted by Gasteiger charge is 2.29. The second kappa shape index (κ2) is 5.91. The van der Waals surface area contributed by atoms with E-state index in [-0.39, 0.29) is 16.6 Å². The van der Waals surface area contributed by atoms with Crippen LogP contribution in [0.4, 0.5) is 4.39 Å². The third kappa shape index (κ3) is 3.86. The zero-order chi connectivity index (χ0) is 13.9. The number of hydrogen-bond donors (Lipinski definition) is 1. The first kappa shape index (κ1) is 15.3. The molecule has 0 aliphatic carbocycles. The van der Waals surface area contributed by atoms with Crippen LogP contribution in [0.1, 0.15) is 39.3 Å². The van der Waals surface area contributed by atoms with E-state index in [1.165, 1.54) is 13.2 Å². The van der Waals surface area contributed by atoms with E-state index < -0.39 is 11.4 Å². The molecule has 1 aromatic carbocycles. The molecular formula is C13H20FNO2S. The monoisotopic (exact) mass is 273 g/mol. The Morgan fingerprint density at radius 3 is 2.50 bits per heavy atom. The summed E-state index contributed by atoms with van der Waals surface area (Å²) in [5.74, 6) is 0.253. The van der Waals surface area contributed by atoms with E-state index in [0.717, 1.165) is 0 Å². The highest BCUT2D eigenvalue weighted by Crippen LogP contribution is 2.25. The summed E-state index contributed by atoms with van der Waals surface area (Å²) >= 11 is -1.24. The van der Waals surface area contributed by atoms with Crippen LogP contribution in [0, 0.1) is 5.82 Å². The van der Waals surface area contributed by atoms with Crippen molar-refractivity contribution in [2.45, 2.75) is 38.5 Å². The minimum Gasteiger partial charge on any atom is -0.598 e. The van der Waals surface area contributed by atoms with Crippen LogP contribution in [0.25, 0.3) is 0 Å². The first-order valence-corrected chi connectivity index (χ1v) is 6.92. The summed E-state index contributed by atoms with van der Waals surface area (Å²) in [4.78, 5) is 0. The molecule has 5 heteroatoms. The van der Waals surface area contributed by atoms with Crippen molar-refractivity contribution in [1.29, 1.82) is 0 Å². The number of ether oxygens (including phenoxy) is 1. The maximum Gasteiger partial charge on any atom is 0.136 e. The molecule has 0 saturated carbocycles. The Kier molecular flexibility index (Phi) is 5.01. The predicted molar refractivity (Wildman–Crippen MR) is 72.4 cm³/mol. The van der Waals surface area contributed by atoms with Gasteiger partial charge in [0.1, 0.15) is 16.3 Å². The molecule has 0 fully saturated rings. The maximum absolute atomic E-state index is 13.7. The Labute approximate surface area is 111 Å². The van der Waals surface area contributed by atoms with Gasteiger partial charge in [0.05, 0.1) is 13.2 Å². The lowest BCUT2D eigenvalue weighted by atomic mass is 10.1. The summed E-state index contributed by atoms with van der Waals surface area (Å²) in [6.07, 6.45) is 0. The normalized spacial score (nSPS) is 15.3. The fourth-order valence-electron chi connectivity index (χ4n) is 1.38. The van der Waals surface area contributed by atoms with Gasteiger partial charge in [-0.05, 0) is 45.9 Å². The van der Waals surface area contributed by atoms with E-state index in [2.05, 4.69) is 4.72 Å². The Balaban J connectivity index is 2.87. The molecule has 1 N–H and O–H groups in total. The van der Waals surface area contributed by atoms with Gasteiger partial charge in [-0.2, -0.15) is 0 Å². The highest BCUT2D eigenvalue weighted by atomic mass is 32.2. The molecule has 0 aromatic heterocycles. The van der Waals surface area contributed by atoms with Crippen molar-refractivity contribution in [3.8, 4) is 5.75 Å². The third-order valence-electron chi connectivity index (χ3n) is 2.51. The summed E-state index contributed by atoms with van der Waals surface area (Å²) in [7, 11) is 1.53. The quantitative estimate of drug-likeness (QED) is 0.858. The number of methoxy groups -OCH3 is 1. The Bertz CT molecular complexity index is 406. The number of nitrogens with one attached hydrogen (secondary N) is 1. The predicted octanol–water partition coefficient (Wildman–Crippen LogP) is 2.95. The average Bonchev–Trinajstić information content (AvgIpc) is 2.28. The van der Waals surface area contributed by atoms with E-state index >= 15 is 0 Å². The Morgan fingerprint density at radius 2 is 2.00 bits per heavy atom. The van der Waals surface area contributed by atoms with Gasteiger partial charge in [-0.25, -0.2) is 4.39 Å². The first-order valence-electron chi connectivity index (χ1n) is 5.77. The van der Waals surface area contributed by atoms with E-state index in [4.69, 9.17) is 4.74 Å². The molecule has 2 atom stereocenters. The van der Waals surface area contributed by atoms with Gasteiger partial charge in [0.15, 0.2) is 0 Å². The SMILES string of the molecule is COc1ccc(F)c([C@H](C)N[S+]([O-])C(C)(C)C)c1. The van der Waals surface area contributed by atoms with Crippen molar-refractivity contribution in [3.05, 3.63) is 29.6 Å². The van der Waals surface area contributed by atoms with Gasteiger partial charge in [0.2, 0.25) is 0 Å². The van der Waals surface area contributed by atoms with Crippen molar-refractivity contribution >= 4 is 11.4 Å². The van der Waals surface area contributed by atoms with Crippen molar-refractivity contribution in [1.82, 2.24) is 4.72 Å². The molecular weight excluding hydrogens is 253 g/mol. The van der Waals surface area contributed by atoms with Gasteiger partial charge in [0.25, 0.3) is 0 Å². The number of hydrogen-bond acceptors (Lipinski definition) is 3. The maximum atomic E-state index is 13.7. The van der Waals surface area contributed by atoms with Crippen LogP contribution < -0.4 is 9.46 Å². The summed E-state index contributed by atoms with van der Waals surface area (Å²) in [5.41, 5.74) is 0.451. The van der Waals surface area contributed by atoms with Gasteiger partial charge in [-0.3, -0.25) is 0 Å². The van der Waals surface area contributed by atoms with Crippen molar-refractivity contribution in [3.63, 3.8) is 0 Å². The smallest absolute Gasteiger partial charge is 0.136 e. The van der Waals surface area contributed by atoms with Crippen LogP contribution in [0.2, 0.25) is 0 Å². The highest BCUT2D eigenvalue weighted by molar-refractivity contribution is 7.90. The topological polar surface area (TPSA) is 44.3 Å². The molecule has 0 amide bonds. The summed E-state index contributed by atoms with van der Waals surface area (Å²) in [6.45, 7) is 7.38. The Morgan fingerprint density at radius 1 is 1.39 bits per heavy atom. The lowest BCUT2D eigenvalue weighted by Crippen LogP contribution is -2.40. The zero-order valence-electron chi connectivity index (χ0n) is 11.4. The Hall–Kier alpha value is -0.780. The molecule has 18 heavy (non-hydrogen) atoms. The molecule has 0 spiro atoms. The summed E-state index contributed by atoms with van der Waals surface area (Å²) in [6, 6.07) is 4.19. The lowest BCUT2D eigenvalue weighted by Gasteiger charge is -2.26. The van der Waals surface area contributed by atoms with Gasteiger partial charge in [0, 0.05) is 16.9 Å². The number of benzene rings is 1. The second-order valence-corrected chi connectivity index (χ2v) is 7.11. The van der Waals surface area contributed by atoms with E-state index in [9.17, 15) is 8.94 Å². The van der Waals surface area contributed by atoms with Crippen molar-refractivity contribution < 1.29 is 13.7 Å². The molecule has 0 radical (unpaired) electrons. The minimum atomic E-state index is -1.24. The zero-order valence-corrected chi connectivity index (χ0v) is 12.2. The molecule has 0 bridgehead atoms. The minimum absolute atomic E-state index is 0.332. The molecule has 0 saturated heterocycles. The largest absolute Gasteiger partial charge is 0.598 e. The number of halogens is 1. The second-order valence-electron chi connectivity index (χ2n) is 5.11. The molecule has 0 heterocycles. The summed E-state index contributed by atoms with van der Waals surface area (Å²) < 4.78 is 33.3. The van der Waals surface area contributed by atoms with Crippen LogP contribution in [0.3, 0.4) is 0 Å². The molecule has 102 valence electrons. The molecule has 0 aliphatic rings. The third-order valence-corrected chi connectivity index (χ3v) is 4.19. The molecule has 1 aromatic rings. The van der Waals surface area contributed by atoms with Crippen LogP contribution in [-0.2, 0) is 11.4 Å². The average molecular weight is 273 g/mol. The molecule has 1 rings (SSSR count). The van der Waals surface area contributed by atoms with Crippen LogP contribution in [0.5, 0.6) is 5.75 Å². The standard InChI is InChI=1S/C13H20FNO2S/c1-9(15-18(16)13(2,3)4)11-8-10(17-5)6-7-12(11)14/h6-9,15H,1-5H3/t9-,18?/m0/s1. The van der Waals surface area contributed by atoms with E-state index in [1.807, 2.05) is 20.8 Å². The van der Waals surface area contributed by atoms with Gasteiger partial charge in [-0.1, -0.05) is 0 Å². The fraction of sp³-hybridized carbons (Fsp3) is 0.538. The van der Waals surface area contributed by atoms with Crippen LogP contribution in [-0.4, -0.2) is 16.4 Å². The molecule has 3 nitrogen and oxygen atoms in total. The molecule has 0 aliphatic heterocycles. The van der Waals surface area contributed by atoms with Gasteiger partial charge in [-0.15, -0.1) is 4.72 Å². The van der Waals surface area contributed by atoms with Crippen molar-refractivity contribution in [2.24, 2.45) is 0 Å². The van der Waals surface area contributed by atoms with Gasteiger partial charge < -0.3 is 9.29 Å².